The molecule has 1 aromatic heterocycles. The number of aromatic nitrogens is 1. The number of sulfone groups is 1. The lowest BCUT2D eigenvalue weighted by molar-refractivity contribution is -0.0964. The molecule has 0 radical (unpaired) electrons. The van der Waals surface area contributed by atoms with Gasteiger partial charge in [0.1, 0.15) is 11.6 Å². The van der Waals surface area contributed by atoms with Crippen molar-refractivity contribution in [1.82, 2.24) is 4.98 Å². The zero-order chi connectivity index (χ0) is 26.1. The molecule has 1 amide bonds. The summed E-state index contributed by atoms with van der Waals surface area (Å²) in [5.74, 6) is -0.190. The van der Waals surface area contributed by atoms with E-state index in [1.54, 1.807) is 18.2 Å². The third-order valence-electron chi connectivity index (χ3n) is 5.51. The van der Waals surface area contributed by atoms with Crippen molar-refractivity contribution in [3.63, 3.8) is 0 Å². The molecule has 2 aromatic carbocycles. The summed E-state index contributed by atoms with van der Waals surface area (Å²) >= 11 is 4.76. The average Bonchev–Trinajstić information content (AvgIpc) is 3.24. The maximum absolute atomic E-state index is 12.9. The fraction of sp³-hybridized carbons (Fsp3) is 0.250. The number of benzene rings is 2. The molecule has 36 heavy (non-hydrogen) atoms. The first-order valence-electron chi connectivity index (χ1n) is 10.8. The van der Waals surface area contributed by atoms with E-state index in [2.05, 4.69) is 15.0 Å². The Balaban J connectivity index is 1.66. The number of aliphatic hydroxyl groups excluding tert-OH is 1. The van der Waals surface area contributed by atoms with Gasteiger partial charge in [-0.15, -0.1) is 8.78 Å². The Morgan fingerprint density at radius 2 is 1.94 bits per heavy atom. The van der Waals surface area contributed by atoms with Crippen LogP contribution < -0.4 is 15.0 Å². The van der Waals surface area contributed by atoms with E-state index >= 15 is 0 Å². The van der Waals surface area contributed by atoms with E-state index in [-0.39, 0.29) is 16.2 Å². The second-order valence-electron chi connectivity index (χ2n) is 8.31. The van der Waals surface area contributed by atoms with Crippen LogP contribution in [0.4, 0.5) is 20.3 Å². The summed E-state index contributed by atoms with van der Waals surface area (Å²) < 4.78 is 54.0. The first kappa shape index (κ1) is 25.8. The molecule has 1 aliphatic rings. The van der Waals surface area contributed by atoms with Crippen LogP contribution in [0.1, 0.15) is 16.8 Å². The second-order valence-corrected chi connectivity index (χ2v) is 10.8. The van der Waals surface area contributed by atoms with Crippen LogP contribution >= 0.6 is 11.6 Å². The third-order valence-corrected chi connectivity index (χ3v) is 6.70. The Hall–Kier alpha value is -3.28. The molecule has 2 heterocycles. The average molecular weight is 538 g/mol. The Morgan fingerprint density at radius 1 is 1.22 bits per heavy atom. The van der Waals surface area contributed by atoms with Crippen molar-refractivity contribution in [2.24, 2.45) is 0 Å². The predicted octanol–water partition coefficient (Wildman–Crippen LogP) is 4.14. The molecule has 1 aliphatic heterocycles. The number of hydrogen-bond donors (Lipinski definition) is 2. The number of pyridine rings is 1. The molecule has 0 bridgehead atoms. The van der Waals surface area contributed by atoms with Gasteiger partial charge < -0.3 is 20.1 Å². The van der Waals surface area contributed by atoms with Gasteiger partial charge in [0.05, 0.1) is 16.6 Å². The molecule has 4 rings (SSSR count). The lowest BCUT2D eigenvalue weighted by Crippen LogP contribution is -2.23. The third kappa shape index (κ3) is 6.28. The monoisotopic (exact) mass is 537 g/mol. The van der Waals surface area contributed by atoms with Crippen LogP contribution in [0.5, 0.6) is 5.75 Å². The second kappa shape index (κ2) is 10.00. The Morgan fingerprint density at radius 3 is 2.56 bits per heavy atom. The molecule has 2 N–H and O–H groups in total. The van der Waals surface area contributed by atoms with E-state index < -0.39 is 27.4 Å². The molecule has 8 nitrogen and oxygen atoms in total. The molecule has 1 saturated heterocycles. The molecular weight excluding hydrogens is 516 g/mol. The molecule has 190 valence electrons. The molecule has 1 unspecified atom stereocenters. The number of alkyl halides is 3. The van der Waals surface area contributed by atoms with Crippen LogP contribution in [0, 0.1) is 0 Å². The Kier molecular flexibility index (Phi) is 7.17. The van der Waals surface area contributed by atoms with Crippen LogP contribution in [0.2, 0.25) is 0 Å². The molecule has 1 fully saturated rings. The van der Waals surface area contributed by atoms with Crippen LogP contribution in [0.15, 0.2) is 65.7 Å². The first-order chi connectivity index (χ1) is 16.9. The molecular formula is C24H22ClF2N3O5S. The van der Waals surface area contributed by atoms with E-state index in [0.717, 1.165) is 6.26 Å². The molecule has 3 aromatic rings. The quantitative estimate of drug-likeness (QED) is 0.436. The number of carbonyl (C=O) groups excluding carboxylic acids is 1. The highest BCUT2D eigenvalue weighted by Crippen LogP contribution is 2.33. The summed E-state index contributed by atoms with van der Waals surface area (Å²) in [6, 6.07) is 13.1. The van der Waals surface area contributed by atoms with Crippen LogP contribution in [0.25, 0.3) is 11.1 Å². The van der Waals surface area contributed by atoms with Crippen molar-refractivity contribution in [1.29, 1.82) is 0 Å². The van der Waals surface area contributed by atoms with Crippen molar-refractivity contribution in [3.8, 4) is 16.9 Å². The van der Waals surface area contributed by atoms with Gasteiger partial charge >= 0.3 is 5.57 Å². The zero-order valence-electron chi connectivity index (χ0n) is 19.0. The highest BCUT2D eigenvalue weighted by molar-refractivity contribution is 7.90. The molecule has 0 aliphatic carbocycles. The van der Waals surface area contributed by atoms with Gasteiger partial charge in [0.25, 0.3) is 5.91 Å². The summed E-state index contributed by atoms with van der Waals surface area (Å²) in [6.45, 7) is 0.904. The van der Waals surface area contributed by atoms with Crippen LogP contribution in [0.3, 0.4) is 0 Å². The number of nitrogens with zero attached hydrogens (tertiary/aromatic N) is 2. The van der Waals surface area contributed by atoms with Crippen molar-refractivity contribution in [2.45, 2.75) is 23.0 Å². The van der Waals surface area contributed by atoms with Gasteiger partial charge in [0.15, 0.2) is 9.84 Å². The molecule has 0 saturated carbocycles. The van der Waals surface area contributed by atoms with Gasteiger partial charge in [0, 0.05) is 48.4 Å². The van der Waals surface area contributed by atoms with Crippen molar-refractivity contribution in [3.05, 3.63) is 66.4 Å². The van der Waals surface area contributed by atoms with Gasteiger partial charge in [-0.25, -0.2) is 13.4 Å². The first-order valence-corrected chi connectivity index (χ1v) is 13.1. The number of aliphatic hydroxyl groups is 1. The number of anilines is 2. The summed E-state index contributed by atoms with van der Waals surface area (Å²) in [5.41, 5.74) is -2.28. The number of ether oxygens (including phenoxy) is 1. The van der Waals surface area contributed by atoms with E-state index in [1.165, 1.54) is 42.6 Å². The summed E-state index contributed by atoms with van der Waals surface area (Å²) in [7, 11) is -3.47. The van der Waals surface area contributed by atoms with Crippen molar-refractivity contribution < 1.29 is 31.8 Å². The van der Waals surface area contributed by atoms with Crippen LogP contribution in [-0.2, 0) is 9.84 Å². The fourth-order valence-electron chi connectivity index (χ4n) is 3.82. The lowest BCUT2D eigenvalue weighted by atomic mass is 10.0. The van der Waals surface area contributed by atoms with Crippen molar-refractivity contribution >= 4 is 38.9 Å². The Bertz CT molecular complexity index is 1380. The summed E-state index contributed by atoms with van der Waals surface area (Å²) in [4.78, 5) is 19.4. The molecule has 12 heteroatoms. The highest BCUT2D eigenvalue weighted by Gasteiger charge is 2.28. The Labute approximate surface area is 211 Å². The number of nitrogens with one attached hydrogen (secondary N) is 1. The van der Waals surface area contributed by atoms with E-state index in [4.69, 9.17) is 11.6 Å². The topological polar surface area (TPSA) is 109 Å². The van der Waals surface area contributed by atoms with Crippen LogP contribution in [-0.4, -0.2) is 55.4 Å². The standard InChI is InChI=1S/C24H22ClF2N3O5S/c1-36(33,34)20-4-2-3-15(11-20)21-12-16(13-28-22(21)30-10-9-18(31)14-30)23(32)29-17-5-7-19(8-6-17)35-24(25,26)27/h2-8,11-13,18,31H,9-10,14H2,1H3,(H,29,32). The lowest BCUT2D eigenvalue weighted by Gasteiger charge is -2.21. The normalized spacial score (nSPS) is 16.1. The fourth-order valence-corrected chi connectivity index (χ4v) is 4.57. The maximum atomic E-state index is 12.9. The van der Waals surface area contributed by atoms with Gasteiger partial charge in [-0.3, -0.25) is 4.79 Å². The number of hydrogen-bond acceptors (Lipinski definition) is 7. The van der Waals surface area contributed by atoms with Gasteiger partial charge in [-0.1, -0.05) is 12.1 Å². The smallest absolute Gasteiger partial charge is 0.420 e. The summed E-state index contributed by atoms with van der Waals surface area (Å²) in [5, 5.41) is 12.6. The summed E-state index contributed by atoms with van der Waals surface area (Å²) in [6.07, 6.45) is 2.53. The largest absolute Gasteiger partial charge is 0.487 e. The van der Waals surface area contributed by atoms with Gasteiger partial charge in [0.2, 0.25) is 0 Å². The predicted molar refractivity (Wildman–Crippen MR) is 131 cm³/mol. The number of amides is 1. The minimum Gasteiger partial charge on any atom is -0.420 e. The van der Waals surface area contributed by atoms with Crippen molar-refractivity contribution in [2.75, 3.05) is 29.6 Å². The molecule has 1 atom stereocenters. The minimum atomic E-state index is -3.85. The maximum Gasteiger partial charge on any atom is 0.487 e. The molecule has 0 spiro atoms. The van der Waals surface area contributed by atoms with E-state index in [0.29, 0.717) is 42.1 Å². The SMILES string of the molecule is CS(=O)(=O)c1cccc(-c2cc(C(=O)Nc3ccc(OC(F)(F)Cl)cc3)cnc2N2CCC(O)C2)c1. The van der Waals surface area contributed by atoms with E-state index in [1.807, 2.05) is 4.90 Å². The van der Waals surface area contributed by atoms with E-state index in [9.17, 15) is 27.1 Å². The highest BCUT2D eigenvalue weighted by atomic mass is 35.5. The van der Waals surface area contributed by atoms with Gasteiger partial charge in [-0.05, 0) is 54.4 Å². The number of β-amino-alcohol motifs (C(OH)–C–C–N with tert-alkyl or cyclic N) is 1. The zero-order valence-corrected chi connectivity index (χ0v) is 20.6. The number of rotatable bonds is 7. The number of halogens is 3. The minimum absolute atomic E-state index is 0.118. The van der Waals surface area contributed by atoms with Gasteiger partial charge in [-0.2, -0.15) is 0 Å². The number of carbonyl (C=O) groups is 1.